The van der Waals surface area contributed by atoms with Gasteiger partial charge in [-0.3, -0.25) is 4.79 Å². The lowest BCUT2D eigenvalue weighted by Crippen LogP contribution is -2.34. The standard InChI is InChI=1S/C34H41FN2O4/c1-22(36-33(40)41-34(2,3)4)29-11-8-12-30(32(29)35)27-17-24(16-15-23-13-14-23)18-28(19-27)37(5)21-26-10-7-6-9-25(26)20-31(38)39/h6-12,17-19,22-23H,13-16,20-21H2,1-5H3,(H,36,40)(H,38,39)/t22-/m1/s1. The highest BCUT2D eigenvalue weighted by molar-refractivity contribution is 5.73. The van der Waals surface area contributed by atoms with Gasteiger partial charge in [-0.05, 0) is 80.8 Å². The highest BCUT2D eigenvalue weighted by Gasteiger charge is 2.23. The third kappa shape index (κ3) is 8.56. The summed E-state index contributed by atoms with van der Waals surface area (Å²) >= 11 is 0. The Labute approximate surface area is 242 Å². The van der Waals surface area contributed by atoms with E-state index in [2.05, 4.69) is 22.3 Å². The lowest BCUT2D eigenvalue weighted by molar-refractivity contribution is -0.136. The average molecular weight is 561 g/mol. The van der Waals surface area contributed by atoms with Crippen molar-refractivity contribution in [1.29, 1.82) is 0 Å². The molecular formula is C34H41FN2O4. The summed E-state index contributed by atoms with van der Waals surface area (Å²) < 4.78 is 21.4. The third-order valence-corrected chi connectivity index (χ3v) is 7.36. The van der Waals surface area contributed by atoms with Gasteiger partial charge in [-0.2, -0.15) is 0 Å². The van der Waals surface area contributed by atoms with Crippen LogP contribution in [0.2, 0.25) is 0 Å². The number of carboxylic acid groups (broad SMARTS) is 1. The molecule has 218 valence electrons. The molecule has 1 saturated carbocycles. The van der Waals surface area contributed by atoms with E-state index in [1.54, 1.807) is 39.8 Å². The summed E-state index contributed by atoms with van der Waals surface area (Å²) in [5, 5.41) is 12.1. The van der Waals surface area contributed by atoms with Gasteiger partial charge in [-0.25, -0.2) is 9.18 Å². The van der Waals surface area contributed by atoms with Crippen LogP contribution in [0.25, 0.3) is 11.1 Å². The maximum Gasteiger partial charge on any atom is 0.408 e. The Balaban J connectivity index is 1.65. The number of aliphatic carboxylic acids is 1. The minimum atomic E-state index is -0.866. The van der Waals surface area contributed by atoms with Crippen molar-refractivity contribution in [3.8, 4) is 11.1 Å². The maximum atomic E-state index is 16.0. The Morgan fingerprint density at radius 3 is 2.44 bits per heavy atom. The first-order valence-electron chi connectivity index (χ1n) is 14.3. The summed E-state index contributed by atoms with van der Waals surface area (Å²) in [6, 6.07) is 18.4. The predicted molar refractivity (Wildman–Crippen MR) is 161 cm³/mol. The summed E-state index contributed by atoms with van der Waals surface area (Å²) in [6.07, 6.45) is 3.92. The van der Waals surface area contributed by atoms with E-state index in [1.165, 1.54) is 12.8 Å². The number of rotatable bonds is 11. The maximum absolute atomic E-state index is 16.0. The number of carbonyl (C=O) groups excluding carboxylic acids is 1. The lowest BCUT2D eigenvalue weighted by atomic mass is 9.95. The van der Waals surface area contributed by atoms with Crippen molar-refractivity contribution in [3.05, 3.63) is 88.7 Å². The first-order valence-corrected chi connectivity index (χ1v) is 14.3. The van der Waals surface area contributed by atoms with Crippen LogP contribution in [-0.2, 0) is 28.9 Å². The molecular weight excluding hydrogens is 519 g/mol. The lowest BCUT2D eigenvalue weighted by Gasteiger charge is -2.24. The van der Waals surface area contributed by atoms with Gasteiger partial charge < -0.3 is 20.1 Å². The number of carbonyl (C=O) groups is 2. The van der Waals surface area contributed by atoms with Crippen molar-refractivity contribution in [2.75, 3.05) is 11.9 Å². The van der Waals surface area contributed by atoms with Crippen molar-refractivity contribution in [2.24, 2.45) is 5.92 Å². The van der Waals surface area contributed by atoms with Crippen molar-refractivity contribution in [3.63, 3.8) is 0 Å². The molecule has 0 heterocycles. The molecule has 6 nitrogen and oxygen atoms in total. The average Bonchev–Trinajstić information content (AvgIpc) is 3.71. The van der Waals surface area contributed by atoms with Gasteiger partial charge in [-0.1, -0.05) is 61.4 Å². The number of aryl methyl sites for hydroxylation is 1. The Kier molecular flexibility index (Phi) is 9.36. The van der Waals surface area contributed by atoms with Gasteiger partial charge in [0.05, 0.1) is 12.5 Å². The van der Waals surface area contributed by atoms with Crippen LogP contribution in [-0.4, -0.2) is 29.8 Å². The Morgan fingerprint density at radius 1 is 1.07 bits per heavy atom. The molecule has 0 aromatic heterocycles. The van der Waals surface area contributed by atoms with Crippen molar-refractivity contribution in [2.45, 2.75) is 78.0 Å². The normalized spacial score (nSPS) is 13.9. The molecule has 0 aliphatic heterocycles. The van der Waals surface area contributed by atoms with Crippen molar-refractivity contribution in [1.82, 2.24) is 5.32 Å². The van der Waals surface area contributed by atoms with Gasteiger partial charge in [0.25, 0.3) is 0 Å². The molecule has 0 bridgehead atoms. The van der Waals surface area contributed by atoms with E-state index in [0.29, 0.717) is 17.7 Å². The van der Waals surface area contributed by atoms with Crippen molar-refractivity contribution < 1.29 is 23.8 Å². The molecule has 1 amide bonds. The van der Waals surface area contributed by atoms with Crippen LogP contribution in [0.4, 0.5) is 14.9 Å². The van der Waals surface area contributed by atoms with Gasteiger partial charge in [-0.15, -0.1) is 0 Å². The summed E-state index contributed by atoms with van der Waals surface area (Å²) in [6.45, 7) is 7.62. The number of halogens is 1. The first kappa shape index (κ1) is 30.1. The Bertz CT molecular complexity index is 1390. The second-order valence-corrected chi connectivity index (χ2v) is 12.1. The highest BCUT2D eigenvalue weighted by atomic mass is 19.1. The van der Waals surface area contributed by atoms with E-state index in [0.717, 1.165) is 46.7 Å². The number of alkyl carbamates (subject to hydrolysis) is 1. The van der Waals surface area contributed by atoms with Crippen LogP contribution >= 0.6 is 0 Å². The SMILES string of the molecule is C[C@@H](NC(=O)OC(C)(C)C)c1cccc(-c2cc(CCC3CC3)cc(N(C)Cc3ccccc3CC(=O)O)c2)c1F. The number of nitrogens with zero attached hydrogens (tertiary/aromatic N) is 1. The number of benzene rings is 3. The van der Waals surface area contributed by atoms with E-state index < -0.39 is 23.7 Å². The van der Waals surface area contributed by atoms with Gasteiger partial charge in [0.15, 0.2) is 0 Å². The number of nitrogens with one attached hydrogen (secondary N) is 1. The van der Waals surface area contributed by atoms with Gasteiger partial charge in [0.1, 0.15) is 11.4 Å². The van der Waals surface area contributed by atoms with Crippen LogP contribution in [0.3, 0.4) is 0 Å². The van der Waals surface area contributed by atoms with E-state index in [-0.39, 0.29) is 12.2 Å². The van der Waals surface area contributed by atoms with Crippen LogP contribution < -0.4 is 10.2 Å². The summed E-state index contributed by atoms with van der Waals surface area (Å²) in [5.74, 6) is -0.478. The molecule has 0 spiro atoms. The molecule has 7 heteroatoms. The fourth-order valence-electron chi connectivity index (χ4n) is 5.03. The predicted octanol–water partition coefficient (Wildman–Crippen LogP) is 7.68. The molecule has 1 fully saturated rings. The number of carboxylic acids is 1. The smallest absolute Gasteiger partial charge is 0.408 e. The molecule has 1 aliphatic carbocycles. The number of ether oxygens (including phenoxy) is 1. The molecule has 2 N–H and O–H groups in total. The molecule has 0 saturated heterocycles. The Morgan fingerprint density at radius 2 is 1.78 bits per heavy atom. The fraction of sp³-hybridized carbons (Fsp3) is 0.412. The molecule has 3 aromatic rings. The zero-order valence-electron chi connectivity index (χ0n) is 24.7. The van der Waals surface area contributed by atoms with Gasteiger partial charge in [0.2, 0.25) is 0 Å². The number of amides is 1. The fourth-order valence-corrected chi connectivity index (χ4v) is 5.03. The highest BCUT2D eigenvalue weighted by Crippen LogP contribution is 2.36. The van der Waals surface area contributed by atoms with Gasteiger partial charge >= 0.3 is 12.1 Å². The second-order valence-electron chi connectivity index (χ2n) is 12.1. The summed E-state index contributed by atoms with van der Waals surface area (Å²) in [7, 11) is 1.97. The largest absolute Gasteiger partial charge is 0.481 e. The zero-order valence-corrected chi connectivity index (χ0v) is 24.7. The van der Waals surface area contributed by atoms with Gasteiger partial charge in [0, 0.05) is 30.4 Å². The topological polar surface area (TPSA) is 78.9 Å². The molecule has 0 radical (unpaired) electrons. The molecule has 3 aromatic carbocycles. The minimum absolute atomic E-state index is 0.0375. The quantitative estimate of drug-likeness (QED) is 0.251. The Hall–Kier alpha value is -3.87. The van der Waals surface area contributed by atoms with Crippen LogP contribution in [0.15, 0.2) is 60.7 Å². The van der Waals surface area contributed by atoms with E-state index in [9.17, 15) is 14.7 Å². The molecule has 1 aliphatic rings. The monoisotopic (exact) mass is 560 g/mol. The second kappa shape index (κ2) is 12.8. The van der Waals surface area contributed by atoms with Crippen LogP contribution in [0, 0.1) is 11.7 Å². The van der Waals surface area contributed by atoms with E-state index >= 15 is 4.39 Å². The summed E-state index contributed by atoms with van der Waals surface area (Å²) in [4.78, 5) is 25.8. The third-order valence-electron chi connectivity index (χ3n) is 7.36. The summed E-state index contributed by atoms with van der Waals surface area (Å²) in [5.41, 5.74) is 4.76. The van der Waals surface area contributed by atoms with Crippen LogP contribution in [0.1, 0.15) is 75.3 Å². The number of hydrogen-bond donors (Lipinski definition) is 2. The molecule has 1 atom stereocenters. The number of anilines is 1. The zero-order chi connectivity index (χ0) is 29.7. The number of hydrogen-bond acceptors (Lipinski definition) is 4. The van der Waals surface area contributed by atoms with E-state index in [1.807, 2.05) is 43.4 Å². The molecule has 0 unspecified atom stereocenters. The first-order chi connectivity index (χ1) is 19.4. The molecule has 41 heavy (non-hydrogen) atoms. The van der Waals surface area contributed by atoms with Crippen LogP contribution in [0.5, 0.6) is 0 Å². The van der Waals surface area contributed by atoms with E-state index in [4.69, 9.17) is 4.74 Å². The molecule has 4 rings (SSSR count). The minimum Gasteiger partial charge on any atom is -0.481 e. The van der Waals surface area contributed by atoms with Crippen molar-refractivity contribution >= 4 is 17.7 Å².